The highest BCUT2D eigenvalue weighted by molar-refractivity contribution is 6.42. The van der Waals surface area contributed by atoms with Crippen molar-refractivity contribution in [3.05, 3.63) is 51.1 Å². The molecule has 0 radical (unpaired) electrons. The first-order valence-corrected chi connectivity index (χ1v) is 7.30. The van der Waals surface area contributed by atoms with Gasteiger partial charge in [0, 0.05) is 18.4 Å². The molecule has 0 aliphatic heterocycles. The van der Waals surface area contributed by atoms with Gasteiger partial charge in [0.25, 0.3) is 5.91 Å². The van der Waals surface area contributed by atoms with E-state index < -0.39 is 0 Å². The smallest absolute Gasteiger partial charge is 0.257 e. The first-order chi connectivity index (χ1) is 10.0. The fraction of sp³-hybridized carbons (Fsp3) is 0.143. The van der Waals surface area contributed by atoms with Gasteiger partial charge in [-0.15, -0.1) is 0 Å². The topological polar surface area (TPSA) is 54.0 Å². The number of carbonyl (C=O) groups excluding carboxylic acids is 1. The molecular formula is C14H12Cl3N3O. The average molecular weight is 345 g/mol. The second kappa shape index (κ2) is 6.98. The van der Waals surface area contributed by atoms with Gasteiger partial charge in [0.1, 0.15) is 5.82 Å². The normalized spacial score (nSPS) is 10.3. The first-order valence-electron chi connectivity index (χ1n) is 6.17. The minimum Gasteiger partial charge on any atom is -0.369 e. The van der Waals surface area contributed by atoms with E-state index in [1.54, 1.807) is 24.3 Å². The van der Waals surface area contributed by atoms with Crippen molar-refractivity contribution in [1.29, 1.82) is 0 Å². The molecular weight excluding hydrogens is 333 g/mol. The van der Waals surface area contributed by atoms with E-state index in [2.05, 4.69) is 15.6 Å². The van der Waals surface area contributed by atoms with Crippen LogP contribution in [0.2, 0.25) is 15.1 Å². The zero-order valence-corrected chi connectivity index (χ0v) is 13.4. The number of hydrogen-bond donors (Lipinski definition) is 2. The summed E-state index contributed by atoms with van der Waals surface area (Å²) < 4.78 is 0. The molecule has 2 rings (SSSR count). The number of carbonyl (C=O) groups is 1. The molecule has 1 aromatic carbocycles. The van der Waals surface area contributed by atoms with Crippen LogP contribution in [0.15, 0.2) is 30.5 Å². The Labute approximate surface area is 137 Å². The fourth-order valence-electron chi connectivity index (χ4n) is 1.64. The number of nitrogens with one attached hydrogen (secondary N) is 2. The third kappa shape index (κ3) is 4.00. The lowest BCUT2D eigenvalue weighted by atomic mass is 10.2. The molecule has 2 aromatic rings. The molecule has 21 heavy (non-hydrogen) atoms. The van der Waals surface area contributed by atoms with Gasteiger partial charge >= 0.3 is 0 Å². The van der Waals surface area contributed by atoms with Crippen molar-refractivity contribution in [1.82, 2.24) is 4.98 Å². The van der Waals surface area contributed by atoms with Crippen LogP contribution in [0.1, 0.15) is 17.3 Å². The summed E-state index contributed by atoms with van der Waals surface area (Å²) in [4.78, 5) is 16.2. The number of aromatic nitrogens is 1. The van der Waals surface area contributed by atoms with Crippen LogP contribution in [0.25, 0.3) is 0 Å². The van der Waals surface area contributed by atoms with Crippen LogP contribution >= 0.6 is 34.8 Å². The molecule has 0 saturated carbocycles. The second-order valence-electron chi connectivity index (χ2n) is 4.17. The third-order valence-corrected chi connectivity index (χ3v) is 3.65. The summed E-state index contributed by atoms with van der Waals surface area (Å²) >= 11 is 17.8. The molecule has 4 nitrogen and oxygen atoms in total. The van der Waals surface area contributed by atoms with Crippen LogP contribution in [0.4, 0.5) is 11.5 Å². The van der Waals surface area contributed by atoms with E-state index in [4.69, 9.17) is 34.8 Å². The minimum atomic E-state index is -0.328. The molecule has 7 heteroatoms. The van der Waals surface area contributed by atoms with Gasteiger partial charge in [-0.05, 0) is 31.2 Å². The van der Waals surface area contributed by atoms with E-state index in [-0.39, 0.29) is 5.91 Å². The van der Waals surface area contributed by atoms with Gasteiger partial charge in [-0.3, -0.25) is 4.79 Å². The predicted octanol–water partition coefficient (Wildman–Crippen LogP) is 4.73. The van der Waals surface area contributed by atoms with Crippen LogP contribution in [-0.2, 0) is 0 Å². The first kappa shape index (κ1) is 15.9. The number of anilines is 2. The van der Waals surface area contributed by atoms with E-state index in [1.807, 2.05) is 6.92 Å². The lowest BCUT2D eigenvalue weighted by Gasteiger charge is -2.08. The Bertz CT molecular complexity index is 677. The van der Waals surface area contributed by atoms with Crippen molar-refractivity contribution in [2.24, 2.45) is 0 Å². The van der Waals surface area contributed by atoms with E-state index in [0.717, 1.165) is 0 Å². The summed E-state index contributed by atoms with van der Waals surface area (Å²) in [6, 6.07) is 6.40. The van der Waals surface area contributed by atoms with Crippen molar-refractivity contribution in [2.45, 2.75) is 6.92 Å². The molecule has 0 aliphatic carbocycles. The summed E-state index contributed by atoms with van der Waals surface area (Å²) in [6.45, 7) is 2.63. The third-order valence-electron chi connectivity index (χ3n) is 2.63. The summed E-state index contributed by atoms with van der Waals surface area (Å²) in [5.41, 5.74) is 0.897. The summed E-state index contributed by atoms with van der Waals surface area (Å²) in [6.07, 6.45) is 1.46. The van der Waals surface area contributed by atoms with Crippen LogP contribution in [-0.4, -0.2) is 17.4 Å². The van der Waals surface area contributed by atoms with Gasteiger partial charge in [-0.25, -0.2) is 4.98 Å². The monoisotopic (exact) mass is 343 g/mol. The summed E-state index contributed by atoms with van der Waals surface area (Å²) in [7, 11) is 0. The van der Waals surface area contributed by atoms with Crippen molar-refractivity contribution in [2.75, 3.05) is 17.2 Å². The molecule has 1 aromatic heterocycles. The number of pyridine rings is 1. The number of benzene rings is 1. The highest BCUT2D eigenvalue weighted by Gasteiger charge is 2.10. The van der Waals surface area contributed by atoms with Gasteiger partial charge in [0.05, 0.1) is 20.6 Å². The maximum absolute atomic E-state index is 12.1. The lowest BCUT2D eigenvalue weighted by Crippen LogP contribution is -2.13. The maximum atomic E-state index is 12.1. The highest BCUT2D eigenvalue weighted by Crippen LogP contribution is 2.26. The predicted molar refractivity (Wildman–Crippen MR) is 87.8 cm³/mol. The number of amides is 1. The van der Waals surface area contributed by atoms with Crippen LogP contribution in [0.3, 0.4) is 0 Å². The summed E-state index contributed by atoms with van der Waals surface area (Å²) in [5, 5.41) is 6.88. The molecule has 110 valence electrons. The molecule has 1 amide bonds. The Morgan fingerprint density at radius 2 is 1.90 bits per heavy atom. The Balaban J connectivity index is 2.16. The molecule has 2 N–H and O–H groups in total. The van der Waals surface area contributed by atoms with Crippen LogP contribution in [0.5, 0.6) is 0 Å². The highest BCUT2D eigenvalue weighted by atomic mass is 35.5. The number of rotatable bonds is 4. The van der Waals surface area contributed by atoms with Gasteiger partial charge in [-0.1, -0.05) is 34.8 Å². The molecule has 0 aliphatic rings. The van der Waals surface area contributed by atoms with Gasteiger partial charge in [-0.2, -0.15) is 0 Å². The van der Waals surface area contributed by atoms with Gasteiger partial charge < -0.3 is 10.6 Å². The van der Waals surface area contributed by atoms with E-state index >= 15 is 0 Å². The molecule has 0 spiro atoms. The Hall–Kier alpha value is -1.49. The van der Waals surface area contributed by atoms with E-state index in [9.17, 15) is 4.79 Å². The standard InChI is InChI=1S/C14H12Cl3N3O/c1-2-18-13-12(17)5-8(7-19-13)14(21)20-9-3-4-10(15)11(16)6-9/h3-7H,2H2,1H3,(H,18,19)(H,20,21). The van der Waals surface area contributed by atoms with E-state index in [1.165, 1.54) is 6.20 Å². The zero-order valence-electron chi connectivity index (χ0n) is 11.1. The van der Waals surface area contributed by atoms with Crippen LogP contribution in [0, 0.1) is 0 Å². The number of nitrogens with zero attached hydrogens (tertiary/aromatic N) is 1. The molecule has 0 atom stereocenters. The lowest BCUT2D eigenvalue weighted by molar-refractivity contribution is 0.102. The molecule has 0 unspecified atom stereocenters. The SMILES string of the molecule is CCNc1ncc(C(=O)Nc2ccc(Cl)c(Cl)c2)cc1Cl. The van der Waals surface area contributed by atoms with Crippen molar-refractivity contribution in [3.8, 4) is 0 Å². The van der Waals surface area contributed by atoms with Gasteiger partial charge in [0.15, 0.2) is 0 Å². The zero-order chi connectivity index (χ0) is 15.4. The number of halogens is 3. The minimum absolute atomic E-state index is 0.328. The molecule has 0 fully saturated rings. The fourth-order valence-corrected chi connectivity index (χ4v) is 2.17. The maximum Gasteiger partial charge on any atom is 0.257 e. The second-order valence-corrected chi connectivity index (χ2v) is 5.39. The van der Waals surface area contributed by atoms with Crippen molar-refractivity contribution in [3.63, 3.8) is 0 Å². The Morgan fingerprint density at radius 1 is 1.14 bits per heavy atom. The molecule has 0 bridgehead atoms. The number of hydrogen-bond acceptors (Lipinski definition) is 3. The van der Waals surface area contributed by atoms with Crippen molar-refractivity contribution >= 4 is 52.2 Å². The quantitative estimate of drug-likeness (QED) is 0.843. The van der Waals surface area contributed by atoms with E-state index in [0.29, 0.717) is 38.7 Å². The Kier molecular flexibility index (Phi) is 5.28. The van der Waals surface area contributed by atoms with Crippen molar-refractivity contribution < 1.29 is 4.79 Å². The summed E-state index contributed by atoms with van der Waals surface area (Å²) in [5.74, 6) is 0.219. The Morgan fingerprint density at radius 3 is 2.52 bits per heavy atom. The average Bonchev–Trinajstić information content (AvgIpc) is 2.45. The van der Waals surface area contributed by atoms with Gasteiger partial charge in [0.2, 0.25) is 0 Å². The van der Waals surface area contributed by atoms with Crippen LogP contribution < -0.4 is 10.6 Å². The molecule has 0 saturated heterocycles. The largest absolute Gasteiger partial charge is 0.369 e. The molecule has 1 heterocycles.